The van der Waals surface area contributed by atoms with Crippen LogP contribution in [0, 0.1) is 6.92 Å². The van der Waals surface area contributed by atoms with E-state index in [1.165, 1.54) is 11.1 Å². The van der Waals surface area contributed by atoms with Crippen molar-refractivity contribution < 1.29 is 4.74 Å². The summed E-state index contributed by atoms with van der Waals surface area (Å²) in [6.07, 6.45) is 1.97. The van der Waals surface area contributed by atoms with E-state index in [4.69, 9.17) is 9.84 Å². The SMILES string of the molecule is COc1ccc2c(c1)cc(-c1ccccc1)n1ncc(-c3ccc(C)cc3)c21. The zero-order valence-electron chi connectivity index (χ0n) is 15.9. The first-order valence-corrected chi connectivity index (χ1v) is 9.35. The molecule has 5 rings (SSSR count). The monoisotopic (exact) mass is 364 g/mol. The maximum atomic E-state index is 5.47. The standard InChI is InChI=1S/C25H20N2O/c1-17-8-10-18(11-9-17)23-16-26-27-24(19-6-4-3-5-7-19)15-20-14-21(28-2)12-13-22(20)25(23)27/h3-16H,1-2H3. The van der Waals surface area contributed by atoms with Crippen molar-refractivity contribution in [3.05, 3.63) is 90.6 Å². The van der Waals surface area contributed by atoms with E-state index in [2.05, 4.69) is 78.2 Å². The van der Waals surface area contributed by atoms with E-state index in [9.17, 15) is 0 Å². The van der Waals surface area contributed by atoms with Gasteiger partial charge in [0.05, 0.1) is 24.5 Å². The number of fused-ring (bicyclic) bond motifs is 3. The van der Waals surface area contributed by atoms with Gasteiger partial charge in [-0.15, -0.1) is 0 Å². The molecule has 0 aliphatic rings. The summed E-state index contributed by atoms with van der Waals surface area (Å²) in [5.41, 5.74) is 6.86. The predicted octanol–water partition coefficient (Wildman–Crippen LogP) is 6.14. The highest BCUT2D eigenvalue weighted by Crippen LogP contribution is 2.35. The minimum atomic E-state index is 0.854. The van der Waals surface area contributed by atoms with Gasteiger partial charge < -0.3 is 4.74 Å². The number of methoxy groups -OCH3 is 1. The quantitative estimate of drug-likeness (QED) is 0.384. The van der Waals surface area contributed by atoms with Crippen LogP contribution >= 0.6 is 0 Å². The Morgan fingerprint density at radius 2 is 1.61 bits per heavy atom. The molecule has 136 valence electrons. The Morgan fingerprint density at radius 3 is 2.36 bits per heavy atom. The first-order chi connectivity index (χ1) is 13.7. The molecule has 0 atom stereocenters. The molecule has 3 nitrogen and oxygen atoms in total. The summed E-state index contributed by atoms with van der Waals surface area (Å²) in [5, 5.41) is 7.07. The maximum absolute atomic E-state index is 5.47. The minimum absolute atomic E-state index is 0.854. The smallest absolute Gasteiger partial charge is 0.119 e. The van der Waals surface area contributed by atoms with Crippen molar-refractivity contribution in [2.75, 3.05) is 7.11 Å². The van der Waals surface area contributed by atoms with Gasteiger partial charge in [-0.1, -0.05) is 60.2 Å². The van der Waals surface area contributed by atoms with Crippen LogP contribution in [0.3, 0.4) is 0 Å². The summed E-state index contributed by atoms with van der Waals surface area (Å²) in [7, 11) is 1.70. The highest BCUT2D eigenvalue weighted by Gasteiger charge is 2.15. The zero-order chi connectivity index (χ0) is 19.1. The second-order valence-corrected chi connectivity index (χ2v) is 7.03. The van der Waals surface area contributed by atoms with E-state index in [0.717, 1.165) is 38.9 Å². The lowest BCUT2D eigenvalue weighted by Gasteiger charge is -2.11. The molecule has 0 spiro atoms. The maximum Gasteiger partial charge on any atom is 0.119 e. The number of rotatable bonds is 3. The normalized spacial score (nSPS) is 11.2. The molecule has 0 saturated carbocycles. The molecule has 3 aromatic carbocycles. The van der Waals surface area contributed by atoms with Crippen LogP contribution < -0.4 is 4.74 Å². The predicted molar refractivity (Wildman–Crippen MR) is 115 cm³/mol. The third kappa shape index (κ3) is 2.64. The first-order valence-electron chi connectivity index (χ1n) is 9.35. The summed E-state index contributed by atoms with van der Waals surface area (Å²) < 4.78 is 7.52. The molecule has 0 radical (unpaired) electrons. The molecule has 0 N–H and O–H groups in total. The van der Waals surface area contributed by atoms with Gasteiger partial charge in [0.2, 0.25) is 0 Å². The van der Waals surface area contributed by atoms with Crippen molar-refractivity contribution >= 4 is 16.3 Å². The van der Waals surface area contributed by atoms with Crippen LogP contribution in [0.4, 0.5) is 0 Å². The molecule has 0 aliphatic carbocycles. The van der Waals surface area contributed by atoms with Gasteiger partial charge in [-0.3, -0.25) is 0 Å². The van der Waals surface area contributed by atoms with E-state index in [0.29, 0.717) is 0 Å². The lowest BCUT2D eigenvalue weighted by Crippen LogP contribution is -1.96. The molecular weight excluding hydrogens is 344 g/mol. The number of hydrogen-bond acceptors (Lipinski definition) is 2. The number of ether oxygens (including phenoxy) is 1. The molecule has 0 saturated heterocycles. The molecular formula is C25H20N2O. The molecule has 5 aromatic rings. The third-order valence-corrected chi connectivity index (χ3v) is 5.24. The van der Waals surface area contributed by atoms with E-state index < -0.39 is 0 Å². The molecule has 2 aromatic heterocycles. The molecule has 0 amide bonds. The van der Waals surface area contributed by atoms with Crippen LogP contribution in [0.1, 0.15) is 5.56 Å². The van der Waals surface area contributed by atoms with Gasteiger partial charge in [0.25, 0.3) is 0 Å². The Balaban J connectivity index is 1.89. The van der Waals surface area contributed by atoms with Crippen molar-refractivity contribution in [2.24, 2.45) is 0 Å². The number of pyridine rings is 1. The van der Waals surface area contributed by atoms with E-state index in [-0.39, 0.29) is 0 Å². The average molecular weight is 364 g/mol. The van der Waals surface area contributed by atoms with E-state index in [1.54, 1.807) is 7.11 Å². The number of aromatic nitrogens is 2. The summed E-state index contributed by atoms with van der Waals surface area (Å²) in [6, 6.07) is 27.4. The third-order valence-electron chi connectivity index (χ3n) is 5.24. The van der Waals surface area contributed by atoms with Crippen molar-refractivity contribution in [1.82, 2.24) is 9.61 Å². The topological polar surface area (TPSA) is 26.5 Å². The lowest BCUT2D eigenvalue weighted by molar-refractivity contribution is 0.415. The number of nitrogens with zero attached hydrogens (tertiary/aromatic N) is 2. The van der Waals surface area contributed by atoms with Gasteiger partial charge in [-0.2, -0.15) is 5.10 Å². The summed E-state index contributed by atoms with van der Waals surface area (Å²) in [6.45, 7) is 2.11. The van der Waals surface area contributed by atoms with Crippen molar-refractivity contribution in [3.63, 3.8) is 0 Å². The highest BCUT2D eigenvalue weighted by atomic mass is 16.5. The fraction of sp³-hybridized carbons (Fsp3) is 0.0800. The van der Waals surface area contributed by atoms with Crippen LogP contribution in [0.15, 0.2) is 85.1 Å². The zero-order valence-corrected chi connectivity index (χ0v) is 15.9. The molecule has 0 unspecified atom stereocenters. The largest absolute Gasteiger partial charge is 0.497 e. The number of aryl methyl sites for hydroxylation is 1. The fourth-order valence-corrected chi connectivity index (χ4v) is 3.76. The van der Waals surface area contributed by atoms with Crippen LogP contribution in [0.2, 0.25) is 0 Å². The van der Waals surface area contributed by atoms with E-state index in [1.807, 2.05) is 18.3 Å². The van der Waals surface area contributed by atoms with Crippen LogP contribution in [-0.4, -0.2) is 16.7 Å². The molecule has 0 fully saturated rings. The fourth-order valence-electron chi connectivity index (χ4n) is 3.76. The molecule has 0 bridgehead atoms. The number of hydrogen-bond donors (Lipinski definition) is 0. The second kappa shape index (κ2) is 6.54. The summed E-state index contributed by atoms with van der Waals surface area (Å²) in [4.78, 5) is 0. The lowest BCUT2D eigenvalue weighted by atomic mass is 10.0. The van der Waals surface area contributed by atoms with Gasteiger partial charge in [0.1, 0.15) is 5.75 Å². The average Bonchev–Trinajstić information content (AvgIpc) is 3.19. The van der Waals surface area contributed by atoms with Gasteiger partial charge in [0, 0.05) is 16.5 Å². The Kier molecular flexibility index (Phi) is 3.87. The first kappa shape index (κ1) is 16.6. The van der Waals surface area contributed by atoms with Gasteiger partial charge in [0.15, 0.2) is 0 Å². The minimum Gasteiger partial charge on any atom is -0.497 e. The molecule has 0 aliphatic heterocycles. The van der Waals surface area contributed by atoms with E-state index >= 15 is 0 Å². The summed E-state index contributed by atoms with van der Waals surface area (Å²) in [5.74, 6) is 0.854. The summed E-state index contributed by atoms with van der Waals surface area (Å²) >= 11 is 0. The van der Waals surface area contributed by atoms with Crippen molar-refractivity contribution in [3.8, 4) is 28.1 Å². The second-order valence-electron chi connectivity index (χ2n) is 7.03. The molecule has 3 heteroatoms. The highest BCUT2D eigenvalue weighted by molar-refractivity contribution is 6.05. The molecule has 28 heavy (non-hydrogen) atoms. The van der Waals surface area contributed by atoms with Crippen LogP contribution in [-0.2, 0) is 0 Å². The van der Waals surface area contributed by atoms with Gasteiger partial charge >= 0.3 is 0 Å². The number of benzene rings is 3. The Bertz CT molecular complexity index is 1290. The molecule has 2 heterocycles. The van der Waals surface area contributed by atoms with Crippen LogP contribution in [0.5, 0.6) is 5.75 Å². The van der Waals surface area contributed by atoms with Crippen molar-refractivity contribution in [2.45, 2.75) is 6.92 Å². The van der Waals surface area contributed by atoms with Gasteiger partial charge in [-0.05, 0) is 42.1 Å². The van der Waals surface area contributed by atoms with Crippen LogP contribution in [0.25, 0.3) is 38.7 Å². The van der Waals surface area contributed by atoms with Crippen molar-refractivity contribution in [1.29, 1.82) is 0 Å². The Labute approximate surface area is 163 Å². The Morgan fingerprint density at radius 1 is 0.821 bits per heavy atom. The van der Waals surface area contributed by atoms with Gasteiger partial charge in [-0.25, -0.2) is 4.52 Å². The Hall–Kier alpha value is -3.59.